The van der Waals surface area contributed by atoms with Crippen molar-refractivity contribution in [1.82, 2.24) is 20.2 Å². The molecule has 2 aromatic rings. The maximum atomic E-state index is 13.0. The molecule has 6 N–H and O–H groups in total. The normalized spacial score (nSPS) is 25.1. The lowest BCUT2D eigenvalue weighted by molar-refractivity contribution is -0.157. The number of carbonyl (C=O) groups excluding carboxylic acids is 2. The highest BCUT2D eigenvalue weighted by Crippen LogP contribution is 2.41. The third-order valence-electron chi connectivity index (χ3n) is 4.95. The predicted octanol–water partition coefficient (Wildman–Crippen LogP) is 0.176. The molecular formula is C17H19N7O5S3. The minimum atomic E-state index is -1.02. The molecule has 2 unspecified atom stereocenters. The summed E-state index contributed by atoms with van der Waals surface area (Å²) in [5.41, 5.74) is 10.9. The van der Waals surface area contributed by atoms with Crippen LogP contribution in [0.25, 0.3) is 0 Å². The van der Waals surface area contributed by atoms with Gasteiger partial charge in [0, 0.05) is 23.1 Å². The van der Waals surface area contributed by atoms with Crippen molar-refractivity contribution in [1.29, 1.82) is 0 Å². The number of rotatable bonds is 7. The molecule has 2 saturated heterocycles. The standard InChI is InChI=1S/C17H19N7O5S3/c1-17(14(27)28)5-24-12(26)10(13(24)32-6-17)22-11(25)9(8-4-31-16(19)21-8)23-29-2-7-3-30-15(18)20-7/h3-4,10,13H,2,5-6H2,1H3,(H2,18,20)(H2,19,21)(H,22,25)(H,27,28)/t10?,13-,17?/m1/s1. The van der Waals surface area contributed by atoms with E-state index in [0.29, 0.717) is 16.6 Å². The molecule has 0 radical (unpaired) electrons. The van der Waals surface area contributed by atoms with Gasteiger partial charge in [0.15, 0.2) is 22.6 Å². The Hall–Kier alpha value is -2.91. The van der Waals surface area contributed by atoms with E-state index >= 15 is 0 Å². The topological polar surface area (TPSA) is 186 Å². The highest BCUT2D eigenvalue weighted by atomic mass is 32.2. The van der Waals surface area contributed by atoms with E-state index in [1.807, 2.05) is 0 Å². The summed E-state index contributed by atoms with van der Waals surface area (Å²) in [6, 6.07) is -0.801. The van der Waals surface area contributed by atoms with Crippen LogP contribution in [0.2, 0.25) is 0 Å². The van der Waals surface area contributed by atoms with Crippen LogP contribution < -0.4 is 16.8 Å². The van der Waals surface area contributed by atoms with Gasteiger partial charge in [0.25, 0.3) is 5.91 Å². The highest BCUT2D eigenvalue weighted by molar-refractivity contribution is 8.00. The summed E-state index contributed by atoms with van der Waals surface area (Å²) in [5.74, 6) is -1.64. The number of aromatic nitrogens is 2. The van der Waals surface area contributed by atoms with E-state index in [1.165, 1.54) is 28.0 Å². The van der Waals surface area contributed by atoms with Crippen LogP contribution >= 0.6 is 34.4 Å². The molecule has 4 heterocycles. The third kappa shape index (κ3) is 4.22. The van der Waals surface area contributed by atoms with Crippen molar-refractivity contribution in [3.8, 4) is 0 Å². The third-order valence-corrected chi connectivity index (χ3v) is 8.02. The quantitative estimate of drug-likeness (QED) is 0.233. The van der Waals surface area contributed by atoms with Gasteiger partial charge in [-0.2, -0.15) is 0 Å². The number of β-lactam (4-membered cyclic amide) rings is 1. The molecule has 2 fully saturated rings. The summed E-state index contributed by atoms with van der Waals surface area (Å²) in [7, 11) is 0. The fourth-order valence-electron chi connectivity index (χ4n) is 3.19. The summed E-state index contributed by atoms with van der Waals surface area (Å²) >= 11 is 3.70. The van der Waals surface area contributed by atoms with Crippen LogP contribution in [0.15, 0.2) is 15.9 Å². The maximum Gasteiger partial charge on any atom is 0.312 e. The van der Waals surface area contributed by atoms with Gasteiger partial charge in [0.05, 0.1) is 11.1 Å². The molecular weight excluding hydrogens is 478 g/mol. The number of nitrogens with zero attached hydrogens (tertiary/aromatic N) is 4. The van der Waals surface area contributed by atoms with Crippen molar-refractivity contribution >= 4 is 68.2 Å². The first-order valence-electron chi connectivity index (χ1n) is 9.25. The Morgan fingerprint density at radius 1 is 1.34 bits per heavy atom. The van der Waals surface area contributed by atoms with Gasteiger partial charge in [-0.05, 0) is 6.92 Å². The lowest BCUT2D eigenvalue weighted by Gasteiger charge is -2.53. The van der Waals surface area contributed by atoms with E-state index in [9.17, 15) is 19.5 Å². The molecule has 170 valence electrons. The number of nitrogens with one attached hydrogen (secondary N) is 1. The number of fused-ring (bicyclic) bond motifs is 1. The highest BCUT2D eigenvalue weighted by Gasteiger charge is 2.56. The van der Waals surface area contributed by atoms with Gasteiger partial charge in [0.1, 0.15) is 17.1 Å². The van der Waals surface area contributed by atoms with Gasteiger partial charge >= 0.3 is 5.97 Å². The lowest BCUT2D eigenvalue weighted by Crippen LogP contribution is -2.73. The van der Waals surface area contributed by atoms with Crippen LogP contribution in [0.1, 0.15) is 18.3 Å². The summed E-state index contributed by atoms with van der Waals surface area (Å²) in [4.78, 5) is 51.9. The number of nitrogens with two attached hydrogens (primary N) is 2. The Balaban J connectivity index is 1.45. The Morgan fingerprint density at radius 2 is 2.06 bits per heavy atom. The van der Waals surface area contributed by atoms with E-state index in [2.05, 4.69) is 20.4 Å². The smallest absolute Gasteiger partial charge is 0.312 e. The number of hydrogen-bond donors (Lipinski definition) is 4. The molecule has 32 heavy (non-hydrogen) atoms. The number of carbonyl (C=O) groups is 3. The molecule has 0 bridgehead atoms. The molecule has 0 aliphatic carbocycles. The van der Waals surface area contributed by atoms with Crippen LogP contribution in [0.3, 0.4) is 0 Å². The van der Waals surface area contributed by atoms with E-state index in [1.54, 1.807) is 17.7 Å². The average Bonchev–Trinajstić information content (AvgIpc) is 3.37. The van der Waals surface area contributed by atoms with Crippen LogP contribution in [-0.4, -0.2) is 67.2 Å². The largest absolute Gasteiger partial charge is 0.481 e. The summed E-state index contributed by atoms with van der Waals surface area (Å²) in [6.45, 7) is 1.68. The molecule has 2 aliphatic rings. The molecule has 2 aliphatic heterocycles. The second-order valence-corrected chi connectivity index (χ2v) is 10.3. The van der Waals surface area contributed by atoms with Gasteiger partial charge < -0.3 is 31.6 Å². The van der Waals surface area contributed by atoms with Crippen molar-refractivity contribution in [2.45, 2.75) is 24.9 Å². The molecule has 2 aromatic heterocycles. The van der Waals surface area contributed by atoms with Crippen LogP contribution in [-0.2, 0) is 25.8 Å². The lowest BCUT2D eigenvalue weighted by atomic mass is 9.89. The van der Waals surface area contributed by atoms with Crippen molar-refractivity contribution < 1.29 is 24.3 Å². The van der Waals surface area contributed by atoms with Crippen LogP contribution in [0, 0.1) is 5.41 Å². The molecule has 4 rings (SSSR count). The molecule has 0 saturated carbocycles. The second kappa shape index (κ2) is 8.55. The zero-order valence-corrected chi connectivity index (χ0v) is 19.1. The van der Waals surface area contributed by atoms with Gasteiger partial charge in [-0.3, -0.25) is 14.4 Å². The first-order valence-corrected chi connectivity index (χ1v) is 12.1. The van der Waals surface area contributed by atoms with Gasteiger partial charge in [-0.15, -0.1) is 34.4 Å². The number of oxime groups is 1. The Bertz CT molecular complexity index is 1100. The number of carboxylic acids is 1. The molecule has 15 heteroatoms. The fraction of sp³-hybridized carbons (Fsp3) is 0.412. The zero-order chi connectivity index (χ0) is 23.0. The van der Waals surface area contributed by atoms with E-state index < -0.39 is 23.3 Å². The van der Waals surface area contributed by atoms with E-state index in [-0.39, 0.29) is 41.0 Å². The summed E-state index contributed by atoms with van der Waals surface area (Å²) in [6.07, 6.45) is 0. The minimum Gasteiger partial charge on any atom is -0.481 e. The van der Waals surface area contributed by atoms with Crippen molar-refractivity contribution in [2.75, 3.05) is 23.8 Å². The Morgan fingerprint density at radius 3 is 2.69 bits per heavy atom. The predicted molar refractivity (Wildman–Crippen MR) is 120 cm³/mol. The molecule has 12 nitrogen and oxygen atoms in total. The number of aliphatic carboxylic acids is 1. The number of anilines is 2. The Labute approximate surface area is 194 Å². The number of hydrogen-bond acceptors (Lipinski definition) is 12. The van der Waals surface area contributed by atoms with Gasteiger partial charge in [-0.1, -0.05) is 5.16 Å². The molecule has 0 aromatic carbocycles. The summed E-state index contributed by atoms with van der Waals surface area (Å²) in [5, 5.41) is 19.5. The first-order chi connectivity index (χ1) is 15.2. The van der Waals surface area contributed by atoms with Gasteiger partial charge in [-0.25, -0.2) is 9.97 Å². The van der Waals surface area contributed by atoms with E-state index in [0.717, 1.165) is 11.3 Å². The zero-order valence-electron chi connectivity index (χ0n) is 16.7. The number of amides is 2. The molecule has 2 amide bonds. The molecule has 0 spiro atoms. The SMILES string of the molecule is CC1(C(=O)O)CS[C@@H]2C(NC(=O)C(=NOCc3csc(N)n3)c3csc(N)n3)C(=O)N2C1. The monoisotopic (exact) mass is 497 g/mol. The second-order valence-electron chi connectivity index (χ2n) is 7.45. The average molecular weight is 498 g/mol. The van der Waals surface area contributed by atoms with Crippen molar-refractivity contribution in [3.05, 3.63) is 22.1 Å². The Kier molecular flexibility index (Phi) is 5.96. The number of thioether (sulfide) groups is 1. The maximum absolute atomic E-state index is 13.0. The fourth-order valence-corrected chi connectivity index (χ4v) is 5.78. The van der Waals surface area contributed by atoms with Crippen molar-refractivity contribution in [3.63, 3.8) is 0 Å². The first kappa shape index (κ1) is 22.3. The molecule has 3 atom stereocenters. The number of nitrogen functional groups attached to an aromatic ring is 2. The number of thiazole rings is 2. The summed E-state index contributed by atoms with van der Waals surface area (Å²) < 4.78 is 0. The van der Waals surface area contributed by atoms with E-state index in [4.69, 9.17) is 16.3 Å². The van der Waals surface area contributed by atoms with Gasteiger partial charge in [0.2, 0.25) is 5.91 Å². The van der Waals surface area contributed by atoms with Crippen LogP contribution in [0.4, 0.5) is 10.3 Å². The minimum absolute atomic E-state index is 0.00746. The number of carboxylic acid groups (broad SMARTS) is 1. The van der Waals surface area contributed by atoms with Crippen LogP contribution in [0.5, 0.6) is 0 Å². The van der Waals surface area contributed by atoms with Crippen molar-refractivity contribution in [2.24, 2.45) is 10.6 Å².